The van der Waals surface area contributed by atoms with Gasteiger partial charge >= 0.3 is 0 Å². The second-order valence-electron chi connectivity index (χ2n) is 6.83. The molecule has 20 heavy (non-hydrogen) atoms. The number of hydrogen-bond donors (Lipinski definition) is 1. The van der Waals surface area contributed by atoms with Gasteiger partial charge < -0.3 is 15.4 Å². The molecule has 2 unspecified atom stereocenters. The summed E-state index contributed by atoms with van der Waals surface area (Å²) in [6.07, 6.45) is 3.93. The number of morpholine rings is 1. The maximum absolute atomic E-state index is 5.99. The third kappa shape index (κ3) is 2.46. The van der Waals surface area contributed by atoms with Gasteiger partial charge in [0.15, 0.2) is 0 Å². The molecule has 1 saturated heterocycles. The predicted molar refractivity (Wildman–Crippen MR) is 79.9 cm³/mol. The van der Waals surface area contributed by atoms with Crippen molar-refractivity contribution in [3.63, 3.8) is 0 Å². The number of fused-ring (bicyclic) bond motifs is 1. The fraction of sp³-hybridized carbons (Fsp3) is 0.733. The molecule has 0 radical (unpaired) electrons. The number of aromatic nitrogens is 2. The first-order chi connectivity index (χ1) is 9.45. The van der Waals surface area contributed by atoms with E-state index in [1.54, 1.807) is 0 Å². The third-order valence-electron chi connectivity index (χ3n) is 4.18. The maximum Gasteiger partial charge on any atom is 0.138 e. The zero-order valence-corrected chi connectivity index (χ0v) is 12.6. The van der Waals surface area contributed by atoms with Gasteiger partial charge in [0.2, 0.25) is 0 Å². The van der Waals surface area contributed by atoms with E-state index in [2.05, 4.69) is 30.7 Å². The largest absolute Gasteiger partial charge is 0.384 e. The van der Waals surface area contributed by atoms with Crippen LogP contribution in [0.15, 0.2) is 6.07 Å². The number of nitrogens with zero attached hydrogens (tertiary/aromatic N) is 3. The van der Waals surface area contributed by atoms with E-state index in [4.69, 9.17) is 15.5 Å². The summed E-state index contributed by atoms with van der Waals surface area (Å²) >= 11 is 0. The number of anilines is 2. The van der Waals surface area contributed by atoms with Crippen LogP contribution >= 0.6 is 0 Å². The first kappa shape index (κ1) is 13.6. The highest BCUT2D eigenvalue weighted by Crippen LogP contribution is 2.33. The molecule has 0 spiro atoms. The lowest BCUT2D eigenvalue weighted by molar-refractivity contribution is 0.0253. The summed E-state index contributed by atoms with van der Waals surface area (Å²) in [5.74, 6) is 2.33. The van der Waals surface area contributed by atoms with Crippen molar-refractivity contribution in [1.29, 1.82) is 0 Å². The maximum atomic E-state index is 5.99. The van der Waals surface area contributed by atoms with E-state index < -0.39 is 0 Å². The first-order valence-electron chi connectivity index (χ1n) is 7.48. The predicted octanol–water partition coefficient (Wildman–Crippen LogP) is 2.11. The van der Waals surface area contributed by atoms with Crippen LogP contribution in [0, 0.1) is 0 Å². The molecule has 0 bridgehead atoms. The summed E-state index contributed by atoms with van der Waals surface area (Å²) in [6.45, 7) is 8.01. The van der Waals surface area contributed by atoms with Gasteiger partial charge in [-0.15, -0.1) is 0 Å². The fourth-order valence-corrected chi connectivity index (χ4v) is 3.15. The summed E-state index contributed by atoms with van der Waals surface area (Å²) in [6, 6.07) is 2.35. The van der Waals surface area contributed by atoms with Gasteiger partial charge in [0.1, 0.15) is 17.5 Å². The summed E-state index contributed by atoms with van der Waals surface area (Å²) in [4.78, 5) is 11.5. The van der Waals surface area contributed by atoms with Gasteiger partial charge in [-0.25, -0.2) is 9.97 Å². The Bertz CT molecular complexity index is 497. The lowest BCUT2D eigenvalue weighted by Gasteiger charge is -2.38. The molecule has 1 aliphatic carbocycles. The molecular weight excluding hydrogens is 252 g/mol. The SMILES string of the molecule is CC(C)(C)c1nc(N)cc(N2CCOC3CCCC32)n1. The van der Waals surface area contributed by atoms with Crippen LogP contribution in [0.3, 0.4) is 0 Å². The quantitative estimate of drug-likeness (QED) is 0.851. The Morgan fingerprint density at radius 2 is 2.10 bits per heavy atom. The van der Waals surface area contributed by atoms with Crippen LogP contribution in [-0.4, -0.2) is 35.3 Å². The monoisotopic (exact) mass is 276 g/mol. The second-order valence-corrected chi connectivity index (χ2v) is 6.83. The van der Waals surface area contributed by atoms with Crippen molar-refractivity contribution in [3.05, 3.63) is 11.9 Å². The van der Waals surface area contributed by atoms with Crippen LogP contribution in [-0.2, 0) is 10.2 Å². The van der Waals surface area contributed by atoms with Crippen LogP contribution in [0.4, 0.5) is 11.6 Å². The molecule has 5 nitrogen and oxygen atoms in total. The van der Waals surface area contributed by atoms with E-state index in [0.29, 0.717) is 18.0 Å². The Balaban J connectivity index is 1.95. The van der Waals surface area contributed by atoms with Crippen LogP contribution in [0.1, 0.15) is 45.9 Å². The van der Waals surface area contributed by atoms with Crippen LogP contribution in [0.5, 0.6) is 0 Å². The Morgan fingerprint density at radius 1 is 1.30 bits per heavy atom. The van der Waals surface area contributed by atoms with E-state index >= 15 is 0 Å². The zero-order chi connectivity index (χ0) is 14.3. The molecule has 110 valence electrons. The lowest BCUT2D eigenvalue weighted by atomic mass is 9.95. The van der Waals surface area contributed by atoms with Gasteiger partial charge in [0.05, 0.1) is 18.8 Å². The molecule has 0 amide bonds. The molecule has 1 aromatic heterocycles. The standard InChI is InChI=1S/C15H24N4O/c1-15(2,3)14-17-12(16)9-13(18-14)19-7-8-20-11-6-4-5-10(11)19/h9-11H,4-8H2,1-3H3,(H2,16,17,18). The van der Waals surface area contributed by atoms with Crippen LogP contribution < -0.4 is 10.6 Å². The molecule has 0 aromatic carbocycles. The van der Waals surface area contributed by atoms with E-state index in [1.165, 1.54) is 12.8 Å². The van der Waals surface area contributed by atoms with Crippen molar-refractivity contribution >= 4 is 11.6 Å². The van der Waals surface area contributed by atoms with Crippen molar-refractivity contribution in [2.24, 2.45) is 0 Å². The van der Waals surface area contributed by atoms with Crippen molar-refractivity contribution in [2.45, 2.75) is 57.6 Å². The molecule has 2 aliphatic rings. The summed E-state index contributed by atoms with van der Waals surface area (Å²) in [5.41, 5.74) is 5.90. The summed E-state index contributed by atoms with van der Waals surface area (Å²) in [7, 11) is 0. The summed E-state index contributed by atoms with van der Waals surface area (Å²) in [5, 5.41) is 0. The van der Waals surface area contributed by atoms with Gasteiger partial charge in [-0.05, 0) is 19.3 Å². The Kier molecular flexibility index (Phi) is 3.32. The Morgan fingerprint density at radius 3 is 2.85 bits per heavy atom. The molecule has 1 saturated carbocycles. The van der Waals surface area contributed by atoms with Gasteiger partial charge in [-0.1, -0.05) is 20.8 Å². The highest BCUT2D eigenvalue weighted by atomic mass is 16.5. The minimum absolute atomic E-state index is 0.0918. The van der Waals surface area contributed by atoms with E-state index in [0.717, 1.165) is 31.2 Å². The molecule has 5 heteroatoms. The number of nitrogen functional groups attached to an aromatic ring is 1. The van der Waals surface area contributed by atoms with Gasteiger partial charge in [-0.3, -0.25) is 0 Å². The van der Waals surface area contributed by atoms with Crippen molar-refractivity contribution in [1.82, 2.24) is 9.97 Å². The number of hydrogen-bond acceptors (Lipinski definition) is 5. The molecule has 2 atom stereocenters. The molecule has 2 fully saturated rings. The molecule has 3 rings (SSSR count). The van der Waals surface area contributed by atoms with Crippen molar-refractivity contribution in [3.8, 4) is 0 Å². The smallest absolute Gasteiger partial charge is 0.138 e. The first-order valence-corrected chi connectivity index (χ1v) is 7.48. The van der Waals surface area contributed by atoms with E-state index in [-0.39, 0.29) is 5.41 Å². The minimum Gasteiger partial charge on any atom is -0.384 e. The van der Waals surface area contributed by atoms with Crippen molar-refractivity contribution in [2.75, 3.05) is 23.8 Å². The lowest BCUT2D eigenvalue weighted by Crippen LogP contribution is -2.49. The van der Waals surface area contributed by atoms with Gasteiger partial charge in [-0.2, -0.15) is 0 Å². The normalized spacial score (nSPS) is 26.6. The topological polar surface area (TPSA) is 64.3 Å². The highest BCUT2D eigenvalue weighted by molar-refractivity contribution is 5.49. The number of rotatable bonds is 1. The molecule has 2 heterocycles. The minimum atomic E-state index is -0.0918. The van der Waals surface area contributed by atoms with Crippen molar-refractivity contribution < 1.29 is 4.74 Å². The average molecular weight is 276 g/mol. The second kappa shape index (κ2) is 4.88. The van der Waals surface area contributed by atoms with Gasteiger partial charge in [0, 0.05) is 18.0 Å². The average Bonchev–Trinajstić information content (AvgIpc) is 2.84. The Hall–Kier alpha value is -1.36. The van der Waals surface area contributed by atoms with E-state index in [9.17, 15) is 0 Å². The highest BCUT2D eigenvalue weighted by Gasteiger charge is 2.37. The zero-order valence-electron chi connectivity index (χ0n) is 12.6. The van der Waals surface area contributed by atoms with E-state index in [1.807, 2.05) is 6.07 Å². The molecule has 2 N–H and O–H groups in total. The fourth-order valence-electron chi connectivity index (χ4n) is 3.15. The molecule has 1 aliphatic heterocycles. The Labute approximate surface area is 120 Å². The summed E-state index contributed by atoms with van der Waals surface area (Å²) < 4.78 is 5.87. The number of nitrogens with two attached hydrogens (primary N) is 1. The van der Waals surface area contributed by atoms with Gasteiger partial charge in [0.25, 0.3) is 0 Å². The molecule has 1 aromatic rings. The third-order valence-corrected chi connectivity index (χ3v) is 4.18. The van der Waals surface area contributed by atoms with Crippen LogP contribution in [0.25, 0.3) is 0 Å². The number of ether oxygens (including phenoxy) is 1. The molecular formula is C15H24N4O. The van der Waals surface area contributed by atoms with Crippen LogP contribution in [0.2, 0.25) is 0 Å².